The van der Waals surface area contributed by atoms with Gasteiger partial charge in [-0.05, 0) is 40.6 Å². The number of nitrogens with zero attached hydrogens (tertiary/aromatic N) is 2. The minimum absolute atomic E-state index is 0.993. The maximum absolute atomic E-state index is 5.09. The normalized spacial score (nSPS) is 11.8. The Bertz CT molecular complexity index is 1320. The van der Waals surface area contributed by atoms with Crippen LogP contribution in [0.4, 0.5) is 0 Å². The van der Waals surface area contributed by atoms with Crippen molar-refractivity contribution in [3.63, 3.8) is 0 Å². The number of benzene rings is 3. The number of aromatic nitrogens is 2. The molecule has 0 N–H and O–H groups in total. The van der Waals surface area contributed by atoms with E-state index < -0.39 is 0 Å². The van der Waals surface area contributed by atoms with Gasteiger partial charge in [0.05, 0.1) is 16.9 Å². The van der Waals surface area contributed by atoms with Gasteiger partial charge in [-0.15, -0.1) is 0 Å². The van der Waals surface area contributed by atoms with Gasteiger partial charge in [0.2, 0.25) is 0 Å². The Kier molecular flexibility index (Phi) is 2.64. The van der Waals surface area contributed by atoms with Crippen LogP contribution < -0.4 is 0 Å². The van der Waals surface area contributed by atoms with E-state index in [0.29, 0.717) is 0 Å². The molecule has 1 aliphatic carbocycles. The molecule has 1 aliphatic rings. The van der Waals surface area contributed by atoms with Crippen LogP contribution in [0.5, 0.6) is 0 Å². The molecule has 0 atom stereocenters. The van der Waals surface area contributed by atoms with Crippen LogP contribution in [0.3, 0.4) is 0 Å². The van der Waals surface area contributed by atoms with Crippen molar-refractivity contribution in [3.05, 3.63) is 85.1 Å². The largest absolute Gasteiger partial charge is 0.256 e. The third-order valence-electron chi connectivity index (χ3n) is 5.27. The predicted molar refractivity (Wildman–Crippen MR) is 107 cm³/mol. The standard InChI is InChI=1S/C24H14N2/c1-5-15-6-2-9-20-23(15)18(8-1)19-12-13-22(26-24(19)20)17-7-3-11-21-16(17)10-4-14-25-21/h1-14H. The lowest BCUT2D eigenvalue weighted by Gasteiger charge is -2.08. The summed E-state index contributed by atoms with van der Waals surface area (Å²) in [6.07, 6.45) is 1.83. The summed E-state index contributed by atoms with van der Waals surface area (Å²) in [6.45, 7) is 0. The van der Waals surface area contributed by atoms with Crippen LogP contribution in [-0.4, -0.2) is 9.97 Å². The number of fused-ring (bicyclic) bond motifs is 4. The van der Waals surface area contributed by atoms with Gasteiger partial charge in [0.1, 0.15) is 0 Å². The molecule has 0 aliphatic heterocycles. The summed E-state index contributed by atoms with van der Waals surface area (Å²) in [5.41, 5.74) is 7.93. The molecule has 0 unspecified atom stereocenters. The molecule has 5 aromatic rings. The lowest BCUT2D eigenvalue weighted by molar-refractivity contribution is 1.34. The van der Waals surface area contributed by atoms with E-state index in [0.717, 1.165) is 27.9 Å². The van der Waals surface area contributed by atoms with Crippen LogP contribution in [0.2, 0.25) is 0 Å². The quantitative estimate of drug-likeness (QED) is 0.364. The molecule has 0 radical (unpaired) electrons. The van der Waals surface area contributed by atoms with Crippen LogP contribution in [0.15, 0.2) is 85.1 Å². The molecular formula is C24H14N2. The average Bonchev–Trinajstić information content (AvgIpc) is 3.03. The van der Waals surface area contributed by atoms with Crippen LogP contribution in [0.25, 0.3) is 55.3 Å². The molecule has 2 nitrogen and oxygen atoms in total. The molecule has 120 valence electrons. The Morgan fingerprint density at radius 2 is 1.38 bits per heavy atom. The smallest absolute Gasteiger partial charge is 0.0794 e. The van der Waals surface area contributed by atoms with Crippen molar-refractivity contribution in [2.24, 2.45) is 0 Å². The van der Waals surface area contributed by atoms with Gasteiger partial charge in [0.25, 0.3) is 0 Å². The highest BCUT2D eigenvalue weighted by Crippen LogP contribution is 2.46. The average molecular weight is 330 g/mol. The molecule has 3 aromatic carbocycles. The maximum atomic E-state index is 5.09. The first-order valence-corrected chi connectivity index (χ1v) is 8.78. The first-order chi connectivity index (χ1) is 12.9. The first kappa shape index (κ1) is 13.7. The minimum atomic E-state index is 0.993. The lowest BCUT2D eigenvalue weighted by Crippen LogP contribution is -1.90. The predicted octanol–water partition coefficient (Wildman–Crippen LogP) is 6.10. The summed E-state index contributed by atoms with van der Waals surface area (Å²) in [4.78, 5) is 9.56. The molecule has 0 saturated carbocycles. The van der Waals surface area contributed by atoms with Gasteiger partial charge in [0.15, 0.2) is 0 Å². The maximum Gasteiger partial charge on any atom is 0.0794 e. The number of rotatable bonds is 1. The van der Waals surface area contributed by atoms with E-state index in [2.05, 4.69) is 71.7 Å². The Morgan fingerprint density at radius 1 is 0.577 bits per heavy atom. The summed E-state index contributed by atoms with van der Waals surface area (Å²) in [5.74, 6) is 0. The van der Waals surface area contributed by atoms with Crippen LogP contribution in [-0.2, 0) is 0 Å². The highest BCUT2D eigenvalue weighted by molar-refractivity contribution is 6.14. The van der Waals surface area contributed by atoms with Gasteiger partial charge in [-0.25, -0.2) is 4.98 Å². The van der Waals surface area contributed by atoms with Crippen molar-refractivity contribution < 1.29 is 0 Å². The summed E-state index contributed by atoms with van der Waals surface area (Å²) in [5, 5.41) is 3.72. The fourth-order valence-electron chi connectivity index (χ4n) is 4.12. The summed E-state index contributed by atoms with van der Waals surface area (Å²) >= 11 is 0. The summed E-state index contributed by atoms with van der Waals surface area (Å²) in [7, 11) is 0. The molecule has 2 heteroatoms. The van der Waals surface area contributed by atoms with Crippen molar-refractivity contribution in [2.75, 3.05) is 0 Å². The molecular weight excluding hydrogens is 316 g/mol. The molecule has 0 fully saturated rings. The molecule has 0 saturated heterocycles. The Balaban J connectivity index is 1.65. The zero-order valence-electron chi connectivity index (χ0n) is 14.0. The fourth-order valence-corrected chi connectivity index (χ4v) is 4.12. The second-order valence-corrected chi connectivity index (χ2v) is 6.68. The Labute approximate surface area is 150 Å². The molecule has 0 amide bonds. The van der Waals surface area contributed by atoms with Gasteiger partial charge >= 0.3 is 0 Å². The number of hydrogen-bond donors (Lipinski definition) is 0. The zero-order chi connectivity index (χ0) is 17.1. The van der Waals surface area contributed by atoms with E-state index in [1.165, 1.54) is 27.5 Å². The van der Waals surface area contributed by atoms with Crippen LogP contribution in [0.1, 0.15) is 0 Å². The second-order valence-electron chi connectivity index (χ2n) is 6.68. The van der Waals surface area contributed by atoms with E-state index >= 15 is 0 Å². The van der Waals surface area contributed by atoms with Crippen molar-refractivity contribution in [1.29, 1.82) is 0 Å². The van der Waals surface area contributed by atoms with E-state index in [1.807, 2.05) is 18.3 Å². The highest BCUT2D eigenvalue weighted by atomic mass is 14.7. The molecule has 6 rings (SSSR count). The molecule has 2 aromatic heterocycles. The molecule has 0 bridgehead atoms. The van der Waals surface area contributed by atoms with Gasteiger partial charge in [-0.1, -0.05) is 54.6 Å². The molecule has 2 heterocycles. The van der Waals surface area contributed by atoms with E-state index in [-0.39, 0.29) is 0 Å². The van der Waals surface area contributed by atoms with Crippen molar-refractivity contribution in [1.82, 2.24) is 9.97 Å². The van der Waals surface area contributed by atoms with Crippen LogP contribution in [0, 0.1) is 0 Å². The van der Waals surface area contributed by atoms with Gasteiger partial charge < -0.3 is 0 Å². The lowest BCUT2D eigenvalue weighted by atomic mass is 10.0. The third-order valence-corrected chi connectivity index (χ3v) is 5.27. The van der Waals surface area contributed by atoms with Crippen molar-refractivity contribution >= 4 is 21.7 Å². The van der Waals surface area contributed by atoms with Gasteiger partial charge in [-0.2, -0.15) is 0 Å². The van der Waals surface area contributed by atoms with Gasteiger partial charge in [0, 0.05) is 28.3 Å². The highest BCUT2D eigenvalue weighted by Gasteiger charge is 2.22. The summed E-state index contributed by atoms with van der Waals surface area (Å²) in [6, 6.07) is 27.6. The van der Waals surface area contributed by atoms with E-state index in [4.69, 9.17) is 4.98 Å². The monoisotopic (exact) mass is 330 g/mol. The minimum Gasteiger partial charge on any atom is -0.256 e. The van der Waals surface area contributed by atoms with Crippen molar-refractivity contribution in [2.45, 2.75) is 0 Å². The SMILES string of the molecule is c1cc2c3c(cccc3c1)-c1nc(-c3cccc4ncccc34)ccc1-2. The van der Waals surface area contributed by atoms with E-state index in [1.54, 1.807) is 0 Å². The Morgan fingerprint density at radius 3 is 2.31 bits per heavy atom. The second kappa shape index (κ2) is 4.99. The topological polar surface area (TPSA) is 25.8 Å². The number of pyridine rings is 2. The fraction of sp³-hybridized carbons (Fsp3) is 0. The Hall–Kier alpha value is -3.52. The summed E-state index contributed by atoms with van der Waals surface area (Å²) < 4.78 is 0. The van der Waals surface area contributed by atoms with Crippen LogP contribution >= 0.6 is 0 Å². The zero-order valence-corrected chi connectivity index (χ0v) is 14.0. The van der Waals surface area contributed by atoms with E-state index in [9.17, 15) is 0 Å². The molecule has 26 heavy (non-hydrogen) atoms. The first-order valence-electron chi connectivity index (χ1n) is 8.78. The number of hydrogen-bond acceptors (Lipinski definition) is 2. The third kappa shape index (κ3) is 1.76. The van der Waals surface area contributed by atoms with Gasteiger partial charge in [-0.3, -0.25) is 4.98 Å². The van der Waals surface area contributed by atoms with Crippen molar-refractivity contribution in [3.8, 4) is 33.6 Å². The molecule has 0 spiro atoms.